The van der Waals surface area contributed by atoms with Crippen molar-refractivity contribution in [1.29, 1.82) is 0 Å². The van der Waals surface area contributed by atoms with Crippen LogP contribution in [-0.2, 0) is 4.74 Å². The van der Waals surface area contributed by atoms with Crippen LogP contribution in [0.2, 0.25) is 10.0 Å². The first-order valence-electron chi connectivity index (χ1n) is 10.8. The monoisotopic (exact) mass is 496 g/mol. The quantitative estimate of drug-likeness (QED) is 0.349. The van der Waals surface area contributed by atoms with Crippen LogP contribution in [0.15, 0.2) is 48.8 Å². The van der Waals surface area contributed by atoms with E-state index >= 15 is 0 Å². The minimum Gasteiger partial charge on any atom is -0.385 e. The molecule has 1 aliphatic rings. The third kappa shape index (κ3) is 4.44. The van der Waals surface area contributed by atoms with E-state index in [1.54, 1.807) is 24.1 Å². The number of imidazole rings is 1. The van der Waals surface area contributed by atoms with E-state index in [1.165, 1.54) is 6.33 Å². The Morgan fingerprint density at radius 1 is 1.18 bits per heavy atom. The molecule has 174 valence electrons. The second-order valence-corrected chi connectivity index (χ2v) is 8.86. The molecule has 0 bridgehead atoms. The third-order valence-corrected chi connectivity index (χ3v) is 6.32. The van der Waals surface area contributed by atoms with Gasteiger partial charge in [-0.25, -0.2) is 15.0 Å². The van der Waals surface area contributed by atoms with Gasteiger partial charge in [-0.3, -0.25) is 4.79 Å². The molecule has 8 nitrogen and oxygen atoms in total. The van der Waals surface area contributed by atoms with Gasteiger partial charge in [-0.15, -0.1) is 0 Å². The molecule has 0 saturated carbocycles. The number of halogens is 2. The second kappa shape index (κ2) is 9.58. The van der Waals surface area contributed by atoms with Crippen LogP contribution in [0.1, 0.15) is 28.6 Å². The van der Waals surface area contributed by atoms with E-state index in [-0.39, 0.29) is 11.9 Å². The summed E-state index contributed by atoms with van der Waals surface area (Å²) in [7, 11) is 1.66. The molecule has 2 aromatic carbocycles. The minimum absolute atomic E-state index is 0.121. The number of methoxy groups -OCH3 is 1. The lowest BCUT2D eigenvalue weighted by Crippen LogP contribution is -2.28. The number of fused-ring (bicyclic) bond motifs is 2. The first-order chi connectivity index (χ1) is 16.5. The summed E-state index contributed by atoms with van der Waals surface area (Å²) in [5.74, 6) is 1.21. The fourth-order valence-corrected chi connectivity index (χ4v) is 4.43. The van der Waals surface area contributed by atoms with Crippen molar-refractivity contribution in [1.82, 2.24) is 24.8 Å². The molecule has 34 heavy (non-hydrogen) atoms. The number of ether oxygens (including phenoxy) is 1. The number of rotatable bonds is 7. The van der Waals surface area contributed by atoms with Gasteiger partial charge in [0.25, 0.3) is 5.91 Å². The van der Waals surface area contributed by atoms with Gasteiger partial charge in [-0.2, -0.15) is 0 Å². The Balaban J connectivity index is 1.49. The molecule has 5 rings (SSSR count). The molecule has 0 radical (unpaired) electrons. The number of hydrogen-bond donors (Lipinski definition) is 2. The maximum absolute atomic E-state index is 12.9. The van der Waals surface area contributed by atoms with Crippen molar-refractivity contribution >= 4 is 56.9 Å². The molecule has 0 unspecified atom stereocenters. The average molecular weight is 497 g/mol. The Hall–Kier alpha value is -3.20. The lowest BCUT2D eigenvalue weighted by molar-refractivity contribution is 0.0800. The number of carbonyl (C=O) groups excluding carboxylic acids is 1. The summed E-state index contributed by atoms with van der Waals surface area (Å²) < 4.78 is 5.32. The molecule has 3 heterocycles. The average Bonchev–Trinajstić information content (AvgIpc) is 3.51. The summed E-state index contributed by atoms with van der Waals surface area (Å²) in [5, 5.41) is 5.16. The van der Waals surface area contributed by atoms with Crippen molar-refractivity contribution in [3.05, 3.63) is 70.2 Å². The van der Waals surface area contributed by atoms with Gasteiger partial charge in [0, 0.05) is 37.2 Å². The highest BCUT2D eigenvalue weighted by atomic mass is 35.5. The van der Waals surface area contributed by atoms with Crippen molar-refractivity contribution in [2.75, 3.05) is 32.1 Å². The zero-order chi connectivity index (χ0) is 23.7. The standard InChI is InChI=1S/C24H22Cl2N6O2/c1-34-9-6-19(23-29-18-5-4-14(25)10-21(18)31-23)30-22-16-11-17(26)15(12-20(16)27-13-28-22)24(33)32-7-2-3-8-32/h2-5,10-13,19H,6-9H2,1H3,(H,29,31)(H,27,28,30)/t19-/m0/s1. The number of nitrogens with one attached hydrogen (secondary N) is 2. The van der Waals surface area contributed by atoms with Gasteiger partial charge in [-0.05, 0) is 36.8 Å². The number of benzene rings is 2. The summed E-state index contributed by atoms with van der Waals surface area (Å²) >= 11 is 12.7. The van der Waals surface area contributed by atoms with E-state index in [2.05, 4.69) is 20.3 Å². The van der Waals surface area contributed by atoms with Crippen LogP contribution in [0.3, 0.4) is 0 Å². The molecule has 4 aromatic rings. The van der Waals surface area contributed by atoms with Crippen molar-refractivity contribution in [2.24, 2.45) is 0 Å². The lowest BCUT2D eigenvalue weighted by atomic mass is 10.1. The third-order valence-electron chi connectivity index (χ3n) is 5.77. The van der Waals surface area contributed by atoms with Gasteiger partial charge in [-0.1, -0.05) is 35.4 Å². The van der Waals surface area contributed by atoms with Crippen molar-refractivity contribution < 1.29 is 9.53 Å². The SMILES string of the molecule is COCC[C@H](Nc1ncnc2cc(C(=O)N3CC=CC3)c(Cl)cc12)c1nc2ccc(Cl)cc2[nH]1. The first-order valence-corrected chi connectivity index (χ1v) is 11.6. The van der Waals surface area contributed by atoms with Gasteiger partial charge in [0.1, 0.15) is 18.0 Å². The fraction of sp³-hybridized carbons (Fsp3) is 0.250. The van der Waals surface area contributed by atoms with Crippen LogP contribution in [0.25, 0.3) is 21.9 Å². The van der Waals surface area contributed by atoms with E-state index < -0.39 is 0 Å². The van der Waals surface area contributed by atoms with E-state index in [4.69, 9.17) is 32.9 Å². The zero-order valence-corrected chi connectivity index (χ0v) is 19.9. The zero-order valence-electron chi connectivity index (χ0n) is 18.4. The normalized spacial score (nSPS) is 14.3. The Kier molecular flexibility index (Phi) is 6.36. The van der Waals surface area contributed by atoms with Gasteiger partial charge in [0.15, 0.2) is 0 Å². The summed E-state index contributed by atoms with van der Waals surface area (Å²) in [6.45, 7) is 1.67. The summed E-state index contributed by atoms with van der Waals surface area (Å²) in [5.41, 5.74) is 2.72. The van der Waals surface area contributed by atoms with Gasteiger partial charge in [0.05, 0.1) is 33.2 Å². The maximum Gasteiger partial charge on any atom is 0.256 e. The summed E-state index contributed by atoms with van der Waals surface area (Å²) in [6, 6.07) is 8.76. The molecule has 2 aromatic heterocycles. The van der Waals surface area contributed by atoms with Crippen LogP contribution in [0.5, 0.6) is 0 Å². The number of aromatic nitrogens is 4. The lowest BCUT2D eigenvalue weighted by Gasteiger charge is -2.19. The predicted octanol–water partition coefficient (Wildman–Crippen LogP) is 5.01. The molecule has 1 aliphatic heterocycles. The van der Waals surface area contributed by atoms with Crippen molar-refractivity contribution in [3.63, 3.8) is 0 Å². The number of hydrogen-bond acceptors (Lipinski definition) is 6. The van der Waals surface area contributed by atoms with Crippen LogP contribution in [-0.4, -0.2) is 57.5 Å². The number of H-pyrrole nitrogens is 1. The number of carbonyl (C=O) groups is 1. The Morgan fingerprint density at radius 2 is 2.00 bits per heavy atom. The molecular weight excluding hydrogens is 475 g/mol. The van der Waals surface area contributed by atoms with Gasteiger partial charge < -0.3 is 19.9 Å². The molecule has 0 saturated heterocycles. The first kappa shape index (κ1) is 22.6. The fourth-order valence-electron chi connectivity index (χ4n) is 4.01. The number of aromatic amines is 1. The molecule has 0 aliphatic carbocycles. The molecule has 0 spiro atoms. The van der Waals surface area contributed by atoms with Gasteiger partial charge in [0.2, 0.25) is 0 Å². The smallest absolute Gasteiger partial charge is 0.256 e. The topological polar surface area (TPSA) is 96.0 Å². The summed E-state index contributed by atoms with van der Waals surface area (Å²) in [6.07, 6.45) is 6.03. The predicted molar refractivity (Wildman–Crippen MR) is 134 cm³/mol. The van der Waals surface area contributed by atoms with E-state index in [1.807, 2.05) is 30.4 Å². The van der Waals surface area contributed by atoms with Crippen molar-refractivity contribution in [2.45, 2.75) is 12.5 Å². The van der Waals surface area contributed by atoms with Crippen LogP contribution < -0.4 is 5.32 Å². The van der Waals surface area contributed by atoms with Crippen LogP contribution in [0, 0.1) is 0 Å². The van der Waals surface area contributed by atoms with E-state index in [0.29, 0.717) is 58.4 Å². The van der Waals surface area contributed by atoms with E-state index in [0.717, 1.165) is 16.9 Å². The molecule has 0 fully saturated rings. The molecule has 1 amide bonds. The largest absolute Gasteiger partial charge is 0.385 e. The maximum atomic E-state index is 12.9. The molecule has 10 heteroatoms. The Bertz CT molecular complexity index is 1400. The van der Waals surface area contributed by atoms with Crippen LogP contribution in [0.4, 0.5) is 5.82 Å². The highest BCUT2D eigenvalue weighted by molar-refractivity contribution is 6.35. The van der Waals surface area contributed by atoms with Gasteiger partial charge >= 0.3 is 0 Å². The highest BCUT2D eigenvalue weighted by Gasteiger charge is 2.22. The molecular formula is C24H22Cl2N6O2. The Labute approximate surface area is 206 Å². The van der Waals surface area contributed by atoms with E-state index in [9.17, 15) is 4.79 Å². The molecule has 1 atom stereocenters. The number of nitrogens with zero attached hydrogens (tertiary/aromatic N) is 4. The molecule has 2 N–H and O–H groups in total. The van der Waals surface area contributed by atoms with Crippen LogP contribution >= 0.6 is 23.2 Å². The number of anilines is 1. The second-order valence-electron chi connectivity index (χ2n) is 8.01. The summed E-state index contributed by atoms with van der Waals surface area (Å²) in [4.78, 5) is 31.5. The number of amides is 1. The Morgan fingerprint density at radius 3 is 2.79 bits per heavy atom. The van der Waals surface area contributed by atoms with Crippen molar-refractivity contribution in [3.8, 4) is 0 Å². The minimum atomic E-state index is -0.222. The highest BCUT2D eigenvalue weighted by Crippen LogP contribution is 2.31.